The summed E-state index contributed by atoms with van der Waals surface area (Å²) in [4.78, 5) is 25.6. The minimum absolute atomic E-state index is 0. The van der Waals surface area contributed by atoms with Gasteiger partial charge >= 0.3 is 0 Å². The fourth-order valence-corrected chi connectivity index (χ4v) is 3.33. The summed E-state index contributed by atoms with van der Waals surface area (Å²) in [6.07, 6.45) is 3.42. The lowest BCUT2D eigenvalue weighted by atomic mass is 9.94. The molecule has 3 rings (SSSR count). The number of ether oxygens (including phenoxy) is 1. The Bertz CT molecular complexity index is 555. The van der Waals surface area contributed by atoms with Gasteiger partial charge in [-0.05, 0) is 19.8 Å². The molecule has 2 fully saturated rings. The number of nitrogens with one attached hydrogen (secondary N) is 1. The van der Waals surface area contributed by atoms with Crippen molar-refractivity contribution in [3.05, 3.63) is 12.3 Å². The van der Waals surface area contributed by atoms with Gasteiger partial charge in [0, 0.05) is 56.9 Å². The third-order valence-electron chi connectivity index (χ3n) is 4.74. The molecule has 142 valence electrons. The van der Waals surface area contributed by atoms with Crippen LogP contribution in [-0.2, 0) is 4.79 Å². The van der Waals surface area contributed by atoms with Crippen LogP contribution in [0.25, 0.3) is 0 Å². The SMILES string of the molecule is COc1ccnc(N2CCC(C(=O)N3CCNC[C@H]3C)CC2)n1.Cl.Cl. The molecule has 0 spiro atoms. The summed E-state index contributed by atoms with van der Waals surface area (Å²) < 4.78 is 5.15. The van der Waals surface area contributed by atoms with Crippen molar-refractivity contribution in [1.29, 1.82) is 0 Å². The quantitative estimate of drug-likeness (QED) is 0.838. The minimum atomic E-state index is 0. The predicted octanol–water partition coefficient (Wildman–Crippen LogP) is 1.37. The van der Waals surface area contributed by atoms with Crippen LogP contribution in [0, 0.1) is 5.92 Å². The second-order valence-electron chi connectivity index (χ2n) is 6.25. The van der Waals surface area contributed by atoms with Crippen molar-refractivity contribution in [2.45, 2.75) is 25.8 Å². The van der Waals surface area contributed by atoms with Gasteiger partial charge in [0.15, 0.2) is 0 Å². The van der Waals surface area contributed by atoms with Crippen LogP contribution in [0.1, 0.15) is 19.8 Å². The zero-order valence-electron chi connectivity index (χ0n) is 14.7. The minimum Gasteiger partial charge on any atom is -0.481 e. The van der Waals surface area contributed by atoms with E-state index in [2.05, 4.69) is 27.1 Å². The van der Waals surface area contributed by atoms with Crippen LogP contribution in [0.15, 0.2) is 12.3 Å². The third kappa shape index (κ3) is 5.09. The topological polar surface area (TPSA) is 70.6 Å². The van der Waals surface area contributed by atoms with Crippen molar-refractivity contribution in [2.75, 3.05) is 44.7 Å². The Labute approximate surface area is 161 Å². The van der Waals surface area contributed by atoms with Crippen LogP contribution in [0.5, 0.6) is 5.88 Å². The summed E-state index contributed by atoms with van der Waals surface area (Å²) in [5.74, 6) is 1.69. The molecule has 3 heterocycles. The number of carbonyl (C=O) groups excluding carboxylic acids is 1. The highest BCUT2D eigenvalue weighted by Crippen LogP contribution is 2.24. The van der Waals surface area contributed by atoms with Crippen LogP contribution in [-0.4, -0.2) is 66.7 Å². The fourth-order valence-electron chi connectivity index (χ4n) is 3.33. The molecule has 0 saturated carbocycles. The van der Waals surface area contributed by atoms with Crippen molar-refractivity contribution in [2.24, 2.45) is 5.92 Å². The molecule has 1 amide bonds. The van der Waals surface area contributed by atoms with Crippen molar-refractivity contribution < 1.29 is 9.53 Å². The number of rotatable bonds is 3. The third-order valence-corrected chi connectivity index (χ3v) is 4.74. The van der Waals surface area contributed by atoms with E-state index in [4.69, 9.17) is 4.74 Å². The summed E-state index contributed by atoms with van der Waals surface area (Å²) in [6.45, 7) is 6.34. The maximum atomic E-state index is 12.7. The number of piperidine rings is 1. The number of hydrogen-bond donors (Lipinski definition) is 1. The number of methoxy groups -OCH3 is 1. The van der Waals surface area contributed by atoms with E-state index in [1.807, 2.05) is 4.90 Å². The summed E-state index contributed by atoms with van der Waals surface area (Å²) in [7, 11) is 1.60. The van der Waals surface area contributed by atoms with Gasteiger partial charge in [-0.1, -0.05) is 0 Å². The number of halogens is 2. The van der Waals surface area contributed by atoms with E-state index in [-0.39, 0.29) is 36.8 Å². The fraction of sp³-hybridized carbons (Fsp3) is 0.688. The molecule has 1 atom stereocenters. The summed E-state index contributed by atoms with van der Waals surface area (Å²) in [5, 5.41) is 3.33. The lowest BCUT2D eigenvalue weighted by Crippen LogP contribution is -2.54. The molecule has 2 aliphatic heterocycles. The van der Waals surface area contributed by atoms with E-state index in [0.29, 0.717) is 17.7 Å². The summed E-state index contributed by atoms with van der Waals surface area (Å²) >= 11 is 0. The Morgan fingerprint density at radius 2 is 2.00 bits per heavy atom. The molecule has 2 aliphatic rings. The number of anilines is 1. The predicted molar refractivity (Wildman–Crippen MR) is 102 cm³/mol. The average Bonchev–Trinajstić information content (AvgIpc) is 2.62. The number of carbonyl (C=O) groups is 1. The number of hydrogen-bond acceptors (Lipinski definition) is 6. The van der Waals surface area contributed by atoms with Crippen molar-refractivity contribution in [1.82, 2.24) is 20.2 Å². The molecule has 9 heteroatoms. The molecule has 0 radical (unpaired) electrons. The first-order valence-corrected chi connectivity index (χ1v) is 8.32. The molecule has 0 bridgehead atoms. The number of piperazine rings is 1. The van der Waals surface area contributed by atoms with Gasteiger partial charge in [-0.25, -0.2) is 4.98 Å². The van der Waals surface area contributed by atoms with Gasteiger partial charge in [0.1, 0.15) is 0 Å². The molecule has 7 nitrogen and oxygen atoms in total. The Balaban J connectivity index is 0.00000156. The number of nitrogens with zero attached hydrogens (tertiary/aromatic N) is 4. The van der Waals surface area contributed by atoms with E-state index in [9.17, 15) is 4.79 Å². The van der Waals surface area contributed by atoms with Crippen LogP contribution < -0.4 is 15.0 Å². The highest BCUT2D eigenvalue weighted by atomic mass is 35.5. The van der Waals surface area contributed by atoms with Gasteiger partial charge in [0.05, 0.1) is 7.11 Å². The normalized spacial score (nSPS) is 21.1. The maximum Gasteiger partial charge on any atom is 0.228 e. The first-order valence-electron chi connectivity index (χ1n) is 8.32. The van der Waals surface area contributed by atoms with Crippen LogP contribution >= 0.6 is 24.8 Å². The maximum absolute atomic E-state index is 12.7. The number of aromatic nitrogens is 2. The Morgan fingerprint density at radius 1 is 1.28 bits per heavy atom. The van der Waals surface area contributed by atoms with Crippen LogP contribution in [0.3, 0.4) is 0 Å². The molecular formula is C16H27Cl2N5O2. The summed E-state index contributed by atoms with van der Waals surface area (Å²) in [6, 6.07) is 2.03. The van der Waals surface area contributed by atoms with Gasteiger partial charge in [0.25, 0.3) is 0 Å². The van der Waals surface area contributed by atoms with Crippen LogP contribution in [0.4, 0.5) is 5.95 Å². The standard InChI is InChI=1S/C16H25N5O2.2ClH/c1-12-11-17-7-10-21(12)15(22)13-4-8-20(9-5-13)16-18-6-3-14(19-16)23-2;;/h3,6,12-13,17H,4-5,7-11H2,1-2H3;2*1H/t12-;;/m1../s1. The summed E-state index contributed by atoms with van der Waals surface area (Å²) in [5.41, 5.74) is 0. The van der Waals surface area contributed by atoms with Gasteiger partial charge in [-0.2, -0.15) is 4.98 Å². The molecule has 0 aromatic carbocycles. The monoisotopic (exact) mass is 391 g/mol. The molecule has 1 N–H and O–H groups in total. The second-order valence-corrected chi connectivity index (χ2v) is 6.25. The molecule has 0 unspecified atom stereocenters. The van der Waals surface area contributed by atoms with Crippen molar-refractivity contribution >= 4 is 36.7 Å². The molecular weight excluding hydrogens is 365 g/mol. The average molecular weight is 392 g/mol. The largest absolute Gasteiger partial charge is 0.481 e. The zero-order valence-corrected chi connectivity index (χ0v) is 16.3. The first-order chi connectivity index (χ1) is 11.2. The lowest BCUT2D eigenvalue weighted by molar-refractivity contribution is -0.139. The first kappa shape index (κ1) is 21.7. The molecule has 1 aromatic heterocycles. The Kier molecular flexibility index (Phi) is 8.68. The Morgan fingerprint density at radius 3 is 2.64 bits per heavy atom. The number of amides is 1. The van der Waals surface area contributed by atoms with Gasteiger partial charge in [-0.3, -0.25) is 4.79 Å². The van der Waals surface area contributed by atoms with E-state index in [0.717, 1.165) is 45.6 Å². The second kappa shape index (κ2) is 9.99. The highest BCUT2D eigenvalue weighted by molar-refractivity contribution is 5.85. The van der Waals surface area contributed by atoms with Gasteiger partial charge in [0.2, 0.25) is 17.7 Å². The van der Waals surface area contributed by atoms with Crippen LogP contribution in [0.2, 0.25) is 0 Å². The van der Waals surface area contributed by atoms with Gasteiger partial charge in [-0.15, -0.1) is 24.8 Å². The molecule has 1 aromatic rings. The van der Waals surface area contributed by atoms with E-state index >= 15 is 0 Å². The van der Waals surface area contributed by atoms with Crippen molar-refractivity contribution in [3.8, 4) is 5.88 Å². The van der Waals surface area contributed by atoms with Gasteiger partial charge < -0.3 is 19.9 Å². The van der Waals surface area contributed by atoms with E-state index < -0.39 is 0 Å². The lowest BCUT2D eigenvalue weighted by Gasteiger charge is -2.39. The smallest absolute Gasteiger partial charge is 0.228 e. The molecule has 0 aliphatic carbocycles. The zero-order chi connectivity index (χ0) is 16.2. The Hall–Kier alpha value is -1.31. The molecule has 2 saturated heterocycles. The van der Waals surface area contributed by atoms with E-state index in [1.54, 1.807) is 19.4 Å². The molecule has 25 heavy (non-hydrogen) atoms. The van der Waals surface area contributed by atoms with E-state index in [1.165, 1.54) is 0 Å². The van der Waals surface area contributed by atoms with Crippen molar-refractivity contribution in [3.63, 3.8) is 0 Å². The highest BCUT2D eigenvalue weighted by Gasteiger charge is 2.32.